The minimum Gasteiger partial charge on any atom is -0.381 e. The van der Waals surface area contributed by atoms with E-state index < -0.39 is 0 Å². The number of aliphatic imine (C=N–C) groups is 1. The molecule has 2 fully saturated rings. The number of likely N-dealkylation sites (tertiary alicyclic amines) is 1. The Balaban J connectivity index is 1.60. The van der Waals surface area contributed by atoms with E-state index in [0.717, 1.165) is 77.3 Å². The highest BCUT2D eigenvalue weighted by atomic mass is 16.5. The molecule has 0 aromatic rings. The molecule has 2 aliphatic rings. The average Bonchev–Trinajstić information content (AvgIpc) is 2.69. The lowest BCUT2D eigenvalue weighted by molar-refractivity contribution is -0.0318. The summed E-state index contributed by atoms with van der Waals surface area (Å²) in [5.41, 5.74) is 0. The van der Waals surface area contributed by atoms with Gasteiger partial charge in [-0.05, 0) is 52.0 Å². The van der Waals surface area contributed by atoms with Crippen LogP contribution in [0.25, 0.3) is 0 Å². The molecule has 0 aromatic heterocycles. The van der Waals surface area contributed by atoms with Crippen molar-refractivity contribution < 1.29 is 9.47 Å². The zero-order valence-corrected chi connectivity index (χ0v) is 17.0. The molecule has 0 spiro atoms. The van der Waals surface area contributed by atoms with Gasteiger partial charge in [0.25, 0.3) is 0 Å². The predicted molar refractivity (Wildman–Crippen MR) is 108 cm³/mol. The van der Waals surface area contributed by atoms with Crippen molar-refractivity contribution in [1.82, 2.24) is 15.5 Å². The maximum atomic E-state index is 5.91. The second-order valence-electron chi connectivity index (χ2n) is 7.32. The van der Waals surface area contributed by atoms with Crippen molar-refractivity contribution in [2.75, 3.05) is 52.5 Å². The molecule has 0 amide bonds. The van der Waals surface area contributed by atoms with E-state index in [4.69, 9.17) is 9.47 Å². The lowest BCUT2D eigenvalue weighted by atomic mass is 10.0. The van der Waals surface area contributed by atoms with Gasteiger partial charge in [0, 0.05) is 52.0 Å². The van der Waals surface area contributed by atoms with Gasteiger partial charge in [0.1, 0.15) is 0 Å². The molecule has 0 saturated carbocycles. The SMILES string of the molecule is CCNC(=NCCCOC1CCOCC1)NCCN1CCCCC1CC. The number of rotatable bonds is 10. The largest absolute Gasteiger partial charge is 0.381 e. The molecule has 0 aromatic carbocycles. The Morgan fingerprint density at radius 3 is 2.77 bits per heavy atom. The van der Waals surface area contributed by atoms with Crippen LogP contribution in [0.4, 0.5) is 0 Å². The van der Waals surface area contributed by atoms with E-state index in [-0.39, 0.29) is 0 Å². The lowest BCUT2D eigenvalue weighted by Gasteiger charge is -2.35. The lowest BCUT2D eigenvalue weighted by Crippen LogP contribution is -2.46. The summed E-state index contributed by atoms with van der Waals surface area (Å²) in [5.74, 6) is 0.934. The highest BCUT2D eigenvalue weighted by molar-refractivity contribution is 5.79. The fraction of sp³-hybridized carbons (Fsp3) is 0.950. The van der Waals surface area contributed by atoms with E-state index >= 15 is 0 Å². The second-order valence-corrected chi connectivity index (χ2v) is 7.32. The van der Waals surface area contributed by atoms with Crippen LogP contribution in [-0.2, 0) is 9.47 Å². The molecule has 2 aliphatic heterocycles. The van der Waals surface area contributed by atoms with Crippen LogP contribution in [0.5, 0.6) is 0 Å². The average molecular weight is 369 g/mol. The molecule has 0 radical (unpaired) electrons. The molecule has 6 heteroatoms. The molecule has 2 saturated heterocycles. The summed E-state index contributed by atoms with van der Waals surface area (Å²) < 4.78 is 11.3. The first-order valence-corrected chi connectivity index (χ1v) is 10.8. The van der Waals surface area contributed by atoms with Gasteiger partial charge < -0.3 is 20.1 Å². The molecular formula is C20H40N4O2. The Morgan fingerprint density at radius 1 is 1.15 bits per heavy atom. The topological polar surface area (TPSA) is 58.1 Å². The summed E-state index contributed by atoms with van der Waals surface area (Å²) in [6.07, 6.45) is 8.78. The zero-order chi connectivity index (χ0) is 18.5. The predicted octanol–water partition coefficient (Wildman–Crippen LogP) is 2.39. The van der Waals surface area contributed by atoms with E-state index in [9.17, 15) is 0 Å². The van der Waals surface area contributed by atoms with E-state index in [1.165, 1.54) is 32.2 Å². The minimum absolute atomic E-state index is 0.384. The van der Waals surface area contributed by atoms with Crippen LogP contribution in [0.2, 0.25) is 0 Å². The molecule has 1 atom stereocenters. The van der Waals surface area contributed by atoms with Gasteiger partial charge in [-0.2, -0.15) is 0 Å². The number of hydrogen-bond acceptors (Lipinski definition) is 4. The standard InChI is InChI=1S/C20H40N4O2/c1-3-18-8-5-6-13-24(18)14-12-23-20(21-4-2)22-11-7-15-26-19-9-16-25-17-10-19/h18-19H,3-17H2,1-2H3,(H2,21,22,23). The zero-order valence-electron chi connectivity index (χ0n) is 17.0. The van der Waals surface area contributed by atoms with Crippen LogP contribution >= 0.6 is 0 Å². The minimum atomic E-state index is 0.384. The van der Waals surface area contributed by atoms with Gasteiger partial charge in [0.05, 0.1) is 6.10 Å². The summed E-state index contributed by atoms with van der Waals surface area (Å²) >= 11 is 0. The first kappa shape index (κ1) is 21.5. The van der Waals surface area contributed by atoms with Gasteiger partial charge in [0.2, 0.25) is 0 Å². The Kier molecular flexibility index (Phi) is 11.0. The summed E-state index contributed by atoms with van der Waals surface area (Å²) in [6, 6.07) is 0.771. The van der Waals surface area contributed by atoms with Gasteiger partial charge in [-0.3, -0.25) is 9.89 Å². The molecule has 6 nitrogen and oxygen atoms in total. The van der Waals surface area contributed by atoms with Crippen molar-refractivity contribution in [1.29, 1.82) is 0 Å². The molecule has 0 aliphatic carbocycles. The number of ether oxygens (including phenoxy) is 2. The number of guanidine groups is 1. The van der Waals surface area contributed by atoms with Gasteiger partial charge >= 0.3 is 0 Å². The van der Waals surface area contributed by atoms with Crippen LogP contribution in [-0.4, -0.2) is 75.5 Å². The molecular weight excluding hydrogens is 328 g/mol. The van der Waals surface area contributed by atoms with Crippen LogP contribution in [0.3, 0.4) is 0 Å². The molecule has 152 valence electrons. The fourth-order valence-electron chi connectivity index (χ4n) is 3.82. The van der Waals surface area contributed by atoms with E-state index in [1.807, 2.05) is 0 Å². The Labute approximate surface area is 160 Å². The number of hydrogen-bond donors (Lipinski definition) is 2. The van der Waals surface area contributed by atoms with Gasteiger partial charge in [0.15, 0.2) is 5.96 Å². The van der Waals surface area contributed by atoms with Crippen molar-refractivity contribution in [2.24, 2.45) is 4.99 Å². The maximum Gasteiger partial charge on any atom is 0.191 e. The van der Waals surface area contributed by atoms with Crippen molar-refractivity contribution in [2.45, 2.75) is 70.9 Å². The van der Waals surface area contributed by atoms with Gasteiger partial charge in [-0.25, -0.2) is 0 Å². The first-order chi connectivity index (χ1) is 12.8. The van der Waals surface area contributed by atoms with Crippen LogP contribution in [0, 0.1) is 0 Å². The molecule has 2 N–H and O–H groups in total. The number of nitrogens with zero attached hydrogens (tertiary/aromatic N) is 2. The summed E-state index contributed by atoms with van der Waals surface area (Å²) in [6.45, 7) is 11.9. The molecule has 1 unspecified atom stereocenters. The summed E-state index contributed by atoms with van der Waals surface area (Å²) in [5, 5.41) is 6.84. The van der Waals surface area contributed by atoms with E-state index in [1.54, 1.807) is 0 Å². The second kappa shape index (κ2) is 13.3. The van der Waals surface area contributed by atoms with Crippen LogP contribution < -0.4 is 10.6 Å². The Morgan fingerprint density at radius 2 is 2.00 bits per heavy atom. The maximum absolute atomic E-state index is 5.91. The molecule has 2 heterocycles. The van der Waals surface area contributed by atoms with Crippen molar-refractivity contribution in [3.8, 4) is 0 Å². The Hall–Kier alpha value is -0.850. The van der Waals surface area contributed by atoms with Gasteiger partial charge in [-0.15, -0.1) is 0 Å². The monoisotopic (exact) mass is 368 g/mol. The fourth-order valence-corrected chi connectivity index (χ4v) is 3.82. The molecule has 0 bridgehead atoms. The van der Waals surface area contributed by atoms with Crippen molar-refractivity contribution in [3.63, 3.8) is 0 Å². The highest BCUT2D eigenvalue weighted by Crippen LogP contribution is 2.18. The first-order valence-electron chi connectivity index (χ1n) is 10.8. The van der Waals surface area contributed by atoms with E-state index in [2.05, 4.69) is 34.4 Å². The van der Waals surface area contributed by atoms with Crippen LogP contribution in [0.1, 0.15) is 58.8 Å². The summed E-state index contributed by atoms with van der Waals surface area (Å²) in [7, 11) is 0. The van der Waals surface area contributed by atoms with Gasteiger partial charge in [-0.1, -0.05) is 13.3 Å². The van der Waals surface area contributed by atoms with Crippen molar-refractivity contribution in [3.05, 3.63) is 0 Å². The molecule has 2 rings (SSSR count). The van der Waals surface area contributed by atoms with Crippen molar-refractivity contribution >= 4 is 5.96 Å². The third kappa shape index (κ3) is 8.23. The smallest absolute Gasteiger partial charge is 0.191 e. The molecule has 26 heavy (non-hydrogen) atoms. The normalized spacial score (nSPS) is 23.2. The van der Waals surface area contributed by atoms with E-state index in [0.29, 0.717) is 6.10 Å². The Bertz CT molecular complexity index is 386. The third-order valence-corrected chi connectivity index (χ3v) is 5.35. The quantitative estimate of drug-likeness (QED) is 0.352. The highest BCUT2D eigenvalue weighted by Gasteiger charge is 2.20. The number of piperidine rings is 1. The third-order valence-electron chi connectivity index (χ3n) is 5.35. The number of nitrogens with one attached hydrogen (secondary N) is 2. The van der Waals surface area contributed by atoms with Crippen LogP contribution in [0.15, 0.2) is 4.99 Å². The summed E-state index contributed by atoms with van der Waals surface area (Å²) in [4.78, 5) is 7.33.